The molecule has 0 spiro atoms. The van der Waals surface area contributed by atoms with Crippen LogP contribution in [0, 0.1) is 0 Å². The zero-order chi connectivity index (χ0) is 18.7. The second-order valence-electron chi connectivity index (χ2n) is 5.81. The maximum absolute atomic E-state index is 12.8. The molecule has 1 aliphatic heterocycles. The van der Waals surface area contributed by atoms with E-state index >= 15 is 0 Å². The number of nitrogens with zero attached hydrogens (tertiary/aromatic N) is 3. The summed E-state index contributed by atoms with van der Waals surface area (Å²) in [5, 5.41) is 6.84. The minimum absolute atomic E-state index is 0.0365. The molecule has 1 fully saturated rings. The lowest BCUT2D eigenvalue weighted by Crippen LogP contribution is -2.40. The van der Waals surface area contributed by atoms with Crippen LogP contribution in [0.2, 0.25) is 5.02 Å². The Labute approximate surface area is 156 Å². The lowest BCUT2D eigenvalue weighted by atomic mass is 10.2. The van der Waals surface area contributed by atoms with Crippen molar-refractivity contribution in [1.29, 1.82) is 0 Å². The number of halogens is 1. The SMILES string of the molecule is C[C@@H](C(=O)Nc1ccc(Cl)c(S(=O)(=O)N2CCOCC2)c1)n1cccn1. The molecule has 1 N–H and O–H groups in total. The van der Waals surface area contributed by atoms with E-state index in [0.29, 0.717) is 18.9 Å². The van der Waals surface area contributed by atoms with Crippen molar-refractivity contribution in [3.8, 4) is 0 Å². The molecule has 1 atom stereocenters. The smallest absolute Gasteiger partial charge is 0.248 e. The number of anilines is 1. The van der Waals surface area contributed by atoms with Crippen molar-refractivity contribution in [2.45, 2.75) is 17.9 Å². The Morgan fingerprint density at radius 3 is 2.73 bits per heavy atom. The summed E-state index contributed by atoms with van der Waals surface area (Å²) in [6.07, 6.45) is 3.26. The highest BCUT2D eigenvalue weighted by Crippen LogP contribution is 2.28. The second-order valence-corrected chi connectivity index (χ2v) is 8.13. The molecule has 1 aromatic carbocycles. The molecule has 10 heteroatoms. The highest BCUT2D eigenvalue weighted by molar-refractivity contribution is 7.89. The third-order valence-corrected chi connectivity index (χ3v) is 6.47. The first-order valence-electron chi connectivity index (χ1n) is 8.07. The molecule has 3 rings (SSSR count). The average Bonchev–Trinajstić information content (AvgIpc) is 3.18. The second kappa shape index (κ2) is 7.75. The van der Waals surface area contributed by atoms with Crippen LogP contribution in [0.25, 0.3) is 0 Å². The molecule has 0 aliphatic carbocycles. The largest absolute Gasteiger partial charge is 0.379 e. The number of benzene rings is 1. The molecule has 0 unspecified atom stereocenters. The van der Waals surface area contributed by atoms with Gasteiger partial charge in [-0.3, -0.25) is 9.48 Å². The number of nitrogens with one attached hydrogen (secondary N) is 1. The minimum Gasteiger partial charge on any atom is -0.379 e. The van der Waals surface area contributed by atoms with E-state index in [-0.39, 0.29) is 28.9 Å². The van der Waals surface area contributed by atoms with Crippen molar-refractivity contribution in [1.82, 2.24) is 14.1 Å². The van der Waals surface area contributed by atoms with Gasteiger partial charge in [0.1, 0.15) is 10.9 Å². The van der Waals surface area contributed by atoms with E-state index < -0.39 is 16.1 Å². The predicted molar refractivity (Wildman–Crippen MR) is 96.6 cm³/mol. The van der Waals surface area contributed by atoms with Crippen LogP contribution in [0.15, 0.2) is 41.6 Å². The van der Waals surface area contributed by atoms with Gasteiger partial charge in [0.05, 0.1) is 18.2 Å². The van der Waals surface area contributed by atoms with Crippen LogP contribution in [0.1, 0.15) is 13.0 Å². The fourth-order valence-corrected chi connectivity index (χ4v) is 4.49. The van der Waals surface area contributed by atoms with Crippen molar-refractivity contribution in [3.63, 3.8) is 0 Å². The van der Waals surface area contributed by atoms with Crippen molar-refractivity contribution in [3.05, 3.63) is 41.7 Å². The van der Waals surface area contributed by atoms with Crippen LogP contribution >= 0.6 is 11.6 Å². The molecule has 26 heavy (non-hydrogen) atoms. The van der Waals surface area contributed by atoms with Gasteiger partial charge in [-0.1, -0.05) is 11.6 Å². The zero-order valence-corrected chi connectivity index (χ0v) is 15.7. The molecule has 0 bridgehead atoms. The van der Waals surface area contributed by atoms with Gasteiger partial charge in [-0.25, -0.2) is 8.42 Å². The summed E-state index contributed by atoms with van der Waals surface area (Å²) in [5.41, 5.74) is 0.352. The van der Waals surface area contributed by atoms with Gasteiger partial charge in [-0.2, -0.15) is 9.40 Å². The Morgan fingerprint density at radius 2 is 2.08 bits per heavy atom. The van der Waals surface area contributed by atoms with Crippen LogP contribution in [0.4, 0.5) is 5.69 Å². The summed E-state index contributed by atoms with van der Waals surface area (Å²) < 4.78 is 33.7. The molecule has 1 amide bonds. The van der Waals surface area contributed by atoms with Crippen LogP contribution in [-0.2, 0) is 19.6 Å². The van der Waals surface area contributed by atoms with Gasteiger partial charge in [0, 0.05) is 31.2 Å². The van der Waals surface area contributed by atoms with Crippen LogP contribution in [0.3, 0.4) is 0 Å². The molecule has 0 radical (unpaired) electrons. The number of hydrogen-bond donors (Lipinski definition) is 1. The Morgan fingerprint density at radius 1 is 1.35 bits per heavy atom. The Hall–Kier alpha value is -1.94. The number of rotatable bonds is 5. The van der Waals surface area contributed by atoms with Crippen LogP contribution in [0.5, 0.6) is 0 Å². The van der Waals surface area contributed by atoms with Crippen molar-refractivity contribution < 1.29 is 17.9 Å². The third kappa shape index (κ3) is 3.90. The molecule has 8 nitrogen and oxygen atoms in total. The fourth-order valence-electron chi connectivity index (χ4n) is 2.58. The number of amides is 1. The molecule has 0 saturated carbocycles. The van der Waals surface area contributed by atoms with E-state index in [1.54, 1.807) is 31.5 Å². The molecular weight excluding hydrogens is 380 g/mol. The summed E-state index contributed by atoms with van der Waals surface area (Å²) in [4.78, 5) is 12.3. The lowest BCUT2D eigenvalue weighted by molar-refractivity contribution is -0.119. The Balaban J connectivity index is 1.82. The van der Waals surface area contributed by atoms with Crippen LogP contribution in [-0.4, -0.2) is 54.7 Å². The topological polar surface area (TPSA) is 93.5 Å². The van der Waals surface area contributed by atoms with E-state index in [1.165, 1.54) is 21.1 Å². The van der Waals surface area contributed by atoms with E-state index in [0.717, 1.165) is 0 Å². The monoisotopic (exact) mass is 398 g/mol. The molecule has 2 heterocycles. The van der Waals surface area contributed by atoms with E-state index in [2.05, 4.69) is 10.4 Å². The summed E-state index contributed by atoms with van der Waals surface area (Å²) in [5.74, 6) is -0.314. The number of sulfonamides is 1. The first-order valence-corrected chi connectivity index (χ1v) is 9.89. The normalized spacial score (nSPS) is 17.0. The standard InChI is InChI=1S/C16H19ClN4O4S/c1-12(21-6-2-5-18-21)16(22)19-13-3-4-14(17)15(11-13)26(23,24)20-7-9-25-10-8-20/h2-6,11-12H,7-10H2,1H3,(H,19,22)/t12-/m0/s1. The third-order valence-electron chi connectivity index (χ3n) is 4.09. The van der Waals surface area contributed by atoms with E-state index in [4.69, 9.17) is 16.3 Å². The van der Waals surface area contributed by atoms with Gasteiger partial charge in [-0.05, 0) is 31.2 Å². The maximum atomic E-state index is 12.8. The quantitative estimate of drug-likeness (QED) is 0.828. The van der Waals surface area contributed by atoms with Gasteiger partial charge in [0.15, 0.2) is 0 Å². The molecule has 140 valence electrons. The average molecular weight is 399 g/mol. The molecule has 1 aromatic heterocycles. The summed E-state index contributed by atoms with van der Waals surface area (Å²) in [7, 11) is -3.76. The van der Waals surface area contributed by atoms with Gasteiger partial charge in [-0.15, -0.1) is 0 Å². The summed E-state index contributed by atoms with van der Waals surface area (Å²) >= 11 is 6.12. The zero-order valence-electron chi connectivity index (χ0n) is 14.1. The first-order chi connectivity index (χ1) is 12.4. The van der Waals surface area contributed by atoms with Crippen molar-refractivity contribution in [2.24, 2.45) is 0 Å². The number of carbonyl (C=O) groups excluding carboxylic acids is 1. The number of hydrogen-bond acceptors (Lipinski definition) is 5. The number of carbonyl (C=O) groups is 1. The van der Waals surface area contributed by atoms with Crippen molar-refractivity contribution in [2.75, 3.05) is 31.6 Å². The van der Waals surface area contributed by atoms with E-state index in [9.17, 15) is 13.2 Å². The maximum Gasteiger partial charge on any atom is 0.248 e. The minimum atomic E-state index is -3.76. The van der Waals surface area contributed by atoms with Gasteiger partial charge < -0.3 is 10.1 Å². The van der Waals surface area contributed by atoms with E-state index in [1.807, 2.05) is 0 Å². The Kier molecular flexibility index (Phi) is 5.61. The van der Waals surface area contributed by atoms with Crippen molar-refractivity contribution >= 4 is 33.2 Å². The predicted octanol–water partition coefficient (Wildman–Crippen LogP) is 1.76. The highest BCUT2D eigenvalue weighted by atomic mass is 35.5. The van der Waals surface area contributed by atoms with Gasteiger partial charge >= 0.3 is 0 Å². The van der Waals surface area contributed by atoms with Gasteiger partial charge in [0.2, 0.25) is 15.9 Å². The molecule has 1 saturated heterocycles. The first kappa shape index (κ1) is 18.8. The Bertz CT molecular complexity index is 880. The lowest BCUT2D eigenvalue weighted by Gasteiger charge is -2.26. The van der Waals surface area contributed by atoms with Crippen LogP contribution < -0.4 is 5.32 Å². The van der Waals surface area contributed by atoms with Gasteiger partial charge in [0.25, 0.3) is 0 Å². The molecular formula is C16H19ClN4O4S. The number of morpholine rings is 1. The number of aromatic nitrogens is 2. The highest BCUT2D eigenvalue weighted by Gasteiger charge is 2.29. The molecule has 2 aromatic rings. The summed E-state index contributed by atoms with van der Waals surface area (Å²) in [6.45, 7) is 2.92. The summed E-state index contributed by atoms with van der Waals surface area (Å²) in [6, 6.07) is 5.58. The fraction of sp³-hybridized carbons (Fsp3) is 0.375. The molecule has 1 aliphatic rings. The number of ether oxygens (including phenoxy) is 1.